The largest absolute Gasteiger partial charge is 0.307 e. The molecule has 1 fully saturated rings. The minimum absolute atomic E-state index is 0.0162. The van der Waals surface area contributed by atoms with Crippen LogP contribution in [0.3, 0.4) is 0 Å². The van der Waals surface area contributed by atoms with Crippen LogP contribution in [0.1, 0.15) is 19.8 Å². The molecule has 1 amide bonds. The SMILES string of the molecule is CC1CCC(=O)N1c1ccc(F)cc1F. The zero-order valence-corrected chi connectivity index (χ0v) is 8.34. The van der Waals surface area contributed by atoms with Crippen LogP contribution in [0.5, 0.6) is 0 Å². The molecule has 0 radical (unpaired) electrons. The Morgan fingerprint density at radius 2 is 2.13 bits per heavy atom. The molecule has 1 atom stereocenters. The van der Waals surface area contributed by atoms with Gasteiger partial charge in [-0.05, 0) is 25.5 Å². The van der Waals surface area contributed by atoms with Crippen molar-refractivity contribution in [2.24, 2.45) is 0 Å². The maximum atomic E-state index is 13.4. The van der Waals surface area contributed by atoms with E-state index in [9.17, 15) is 13.6 Å². The third-order valence-electron chi connectivity index (χ3n) is 2.65. The summed E-state index contributed by atoms with van der Waals surface area (Å²) in [5.74, 6) is -1.42. The zero-order valence-electron chi connectivity index (χ0n) is 8.34. The number of hydrogen-bond acceptors (Lipinski definition) is 1. The Hall–Kier alpha value is -1.45. The van der Waals surface area contributed by atoms with E-state index in [1.54, 1.807) is 0 Å². The summed E-state index contributed by atoms with van der Waals surface area (Å²) in [6.45, 7) is 1.85. The molecule has 0 aromatic heterocycles. The van der Waals surface area contributed by atoms with Gasteiger partial charge in [0, 0.05) is 18.5 Å². The predicted octanol–water partition coefficient (Wildman–Crippen LogP) is 2.48. The minimum atomic E-state index is -0.683. The van der Waals surface area contributed by atoms with E-state index in [1.807, 2.05) is 6.92 Å². The zero-order chi connectivity index (χ0) is 11.0. The van der Waals surface area contributed by atoms with Crippen LogP contribution in [0, 0.1) is 11.6 Å². The Kier molecular flexibility index (Phi) is 2.42. The summed E-state index contributed by atoms with van der Waals surface area (Å²) in [5.41, 5.74) is 0.173. The number of carbonyl (C=O) groups excluding carboxylic acids is 1. The summed E-state index contributed by atoms with van der Waals surface area (Å²) in [7, 11) is 0. The van der Waals surface area contributed by atoms with Gasteiger partial charge >= 0.3 is 0 Å². The minimum Gasteiger partial charge on any atom is -0.307 e. The molecule has 1 saturated heterocycles. The summed E-state index contributed by atoms with van der Waals surface area (Å²) in [6.07, 6.45) is 1.15. The van der Waals surface area contributed by atoms with Crippen molar-refractivity contribution < 1.29 is 13.6 Å². The van der Waals surface area contributed by atoms with Gasteiger partial charge in [-0.25, -0.2) is 8.78 Å². The van der Waals surface area contributed by atoms with Crippen LogP contribution in [0.2, 0.25) is 0 Å². The van der Waals surface area contributed by atoms with E-state index in [2.05, 4.69) is 0 Å². The summed E-state index contributed by atoms with van der Waals surface area (Å²) in [4.78, 5) is 12.9. The summed E-state index contributed by atoms with van der Waals surface area (Å²) in [5, 5.41) is 0. The Bertz CT molecular complexity index is 406. The van der Waals surface area contributed by atoms with Gasteiger partial charge in [0.15, 0.2) is 0 Å². The van der Waals surface area contributed by atoms with Crippen molar-refractivity contribution in [3.63, 3.8) is 0 Å². The molecule has 2 rings (SSSR count). The maximum Gasteiger partial charge on any atom is 0.227 e. The molecule has 1 aliphatic heterocycles. The van der Waals surface area contributed by atoms with E-state index in [0.29, 0.717) is 6.42 Å². The average Bonchev–Trinajstić information content (AvgIpc) is 2.48. The highest BCUT2D eigenvalue weighted by Crippen LogP contribution is 2.28. The molecule has 0 saturated carbocycles. The molecular formula is C11H11F2NO. The quantitative estimate of drug-likeness (QED) is 0.698. The summed E-state index contributed by atoms with van der Waals surface area (Å²) >= 11 is 0. The van der Waals surface area contributed by atoms with Crippen molar-refractivity contribution >= 4 is 11.6 Å². The number of hydrogen-bond donors (Lipinski definition) is 0. The lowest BCUT2D eigenvalue weighted by atomic mass is 10.2. The first-order valence-electron chi connectivity index (χ1n) is 4.86. The van der Waals surface area contributed by atoms with Crippen LogP contribution in [-0.2, 0) is 4.79 Å². The average molecular weight is 211 g/mol. The van der Waals surface area contributed by atoms with Crippen LogP contribution < -0.4 is 4.90 Å². The van der Waals surface area contributed by atoms with Crippen molar-refractivity contribution in [1.82, 2.24) is 0 Å². The molecule has 0 bridgehead atoms. The standard InChI is InChI=1S/C11H11F2NO/c1-7-2-5-11(15)14(7)10-4-3-8(12)6-9(10)13/h3-4,6-7H,2,5H2,1H3. The van der Waals surface area contributed by atoms with Gasteiger partial charge in [0.05, 0.1) is 5.69 Å². The van der Waals surface area contributed by atoms with Crippen molar-refractivity contribution in [3.8, 4) is 0 Å². The Labute approximate surface area is 86.5 Å². The van der Waals surface area contributed by atoms with Gasteiger partial charge in [-0.2, -0.15) is 0 Å². The molecule has 4 heteroatoms. The normalized spacial score (nSPS) is 21.1. The third kappa shape index (κ3) is 1.71. The molecule has 1 heterocycles. The van der Waals surface area contributed by atoms with Gasteiger partial charge < -0.3 is 4.90 Å². The van der Waals surface area contributed by atoms with Crippen LogP contribution in [-0.4, -0.2) is 11.9 Å². The van der Waals surface area contributed by atoms with E-state index >= 15 is 0 Å². The summed E-state index contributed by atoms with van der Waals surface area (Å²) < 4.78 is 26.1. The highest BCUT2D eigenvalue weighted by molar-refractivity contribution is 5.96. The molecule has 15 heavy (non-hydrogen) atoms. The molecular weight excluding hydrogens is 200 g/mol. The van der Waals surface area contributed by atoms with Crippen LogP contribution >= 0.6 is 0 Å². The Balaban J connectivity index is 2.40. The van der Waals surface area contributed by atoms with E-state index in [1.165, 1.54) is 11.0 Å². The smallest absolute Gasteiger partial charge is 0.227 e. The molecule has 0 spiro atoms. The number of carbonyl (C=O) groups is 1. The van der Waals surface area contributed by atoms with Gasteiger partial charge in [0.1, 0.15) is 11.6 Å². The number of amides is 1. The van der Waals surface area contributed by atoms with E-state index in [0.717, 1.165) is 18.6 Å². The Morgan fingerprint density at radius 1 is 1.40 bits per heavy atom. The first-order chi connectivity index (χ1) is 7.09. The number of anilines is 1. The fourth-order valence-corrected chi connectivity index (χ4v) is 1.88. The first-order valence-corrected chi connectivity index (χ1v) is 4.86. The lowest BCUT2D eigenvalue weighted by molar-refractivity contribution is -0.117. The first kappa shape index (κ1) is 10.1. The molecule has 1 unspecified atom stereocenters. The molecule has 1 aromatic rings. The highest BCUT2D eigenvalue weighted by atomic mass is 19.1. The fraction of sp³-hybridized carbons (Fsp3) is 0.364. The van der Waals surface area contributed by atoms with Crippen molar-refractivity contribution in [2.45, 2.75) is 25.8 Å². The Morgan fingerprint density at radius 3 is 2.67 bits per heavy atom. The monoisotopic (exact) mass is 211 g/mol. The number of nitrogens with zero attached hydrogens (tertiary/aromatic N) is 1. The second-order valence-electron chi connectivity index (χ2n) is 3.75. The van der Waals surface area contributed by atoms with E-state index < -0.39 is 11.6 Å². The van der Waals surface area contributed by atoms with Gasteiger partial charge in [-0.15, -0.1) is 0 Å². The molecule has 2 nitrogen and oxygen atoms in total. The predicted molar refractivity (Wildman–Crippen MR) is 52.5 cm³/mol. The van der Waals surface area contributed by atoms with Crippen LogP contribution in [0.4, 0.5) is 14.5 Å². The van der Waals surface area contributed by atoms with Crippen molar-refractivity contribution in [2.75, 3.05) is 4.90 Å². The highest BCUT2D eigenvalue weighted by Gasteiger charge is 2.30. The molecule has 0 N–H and O–H groups in total. The molecule has 1 aromatic carbocycles. The summed E-state index contributed by atoms with van der Waals surface area (Å²) in [6, 6.07) is 3.26. The number of halogens is 2. The molecule has 80 valence electrons. The lowest BCUT2D eigenvalue weighted by Gasteiger charge is -2.22. The molecule has 1 aliphatic rings. The van der Waals surface area contributed by atoms with Crippen LogP contribution in [0.15, 0.2) is 18.2 Å². The van der Waals surface area contributed by atoms with E-state index in [4.69, 9.17) is 0 Å². The van der Waals surface area contributed by atoms with Gasteiger partial charge in [0.2, 0.25) is 5.91 Å². The second-order valence-corrected chi connectivity index (χ2v) is 3.75. The fourth-order valence-electron chi connectivity index (χ4n) is 1.88. The van der Waals surface area contributed by atoms with Gasteiger partial charge in [-0.3, -0.25) is 4.79 Å². The van der Waals surface area contributed by atoms with Crippen molar-refractivity contribution in [1.29, 1.82) is 0 Å². The van der Waals surface area contributed by atoms with Gasteiger partial charge in [-0.1, -0.05) is 0 Å². The number of benzene rings is 1. The van der Waals surface area contributed by atoms with Crippen molar-refractivity contribution in [3.05, 3.63) is 29.8 Å². The van der Waals surface area contributed by atoms with Gasteiger partial charge in [0.25, 0.3) is 0 Å². The van der Waals surface area contributed by atoms with E-state index in [-0.39, 0.29) is 17.6 Å². The second kappa shape index (κ2) is 3.61. The lowest BCUT2D eigenvalue weighted by Crippen LogP contribution is -2.31. The van der Waals surface area contributed by atoms with Crippen LogP contribution in [0.25, 0.3) is 0 Å². The topological polar surface area (TPSA) is 20.3 Å². The maximum absolute atomic E-state index is 13.4. The molecule has 0 aliphatic carbocycles. The number of rotatable bonds is 1. The third-order valence-corrected chi connectivity index (χ3v) is 2.65.